The first-order valence-electron chi connectivity index (χ1n) is 10.5. The summed E-state index contributed by atoms with van der Waals surface area (Å²) in [5.41, 5.74) is 6.47. The number of nitrogens with one attached hydrogen (secondary N) is 1. The van der Waals surface area contributed by atoms with Gasteiger partial charge in [-0.05, 0) is 92.6 Å². The van der Waals surface area contributed by atoms with Crippen LogP contribution in [0.5, 0.6) is 0 Å². The van der Waals surface area contributed by atoms with Gasteiger partial charge in [-0.15, -0.1) is 0 Å². The topological polar surface area (TPSA) is 84.3 Å². The van der Waals surface area contributed by atoms with E-state index in [2.05, 4.69) is 10.3 Å². The van der Waals surface area contributed by atoms with Gasteiger partial charge in [0, 0.05) is 23.3 Å². The summed E-state index contributed by atoms with van der Waals surface area (Å²) in [6.45, 7) is 7.54. The van der Waals surface area contributed by atoms with Gasteiger partial charge < -0.3 is 9.88 Å². The van der Waals surface area contributed by atoms with E-state index in [1.807, 2.05) is 62.6 Å². The number of hydrogen-bond acceptors (Lipinski definition) is 5. The fourth-order valence-corrected chi connectivity index (χ4v) is 4.59. The number of carbonyl (C=O) groups is 3. The summed E-state index contributed by atoms with van der Waals surface area (Å²) in [5.74, 6) is -0.886. The molecule has 1 saturated heterocycles. The second-order valence-corrected chi connectivity index (χ2v) is 8.98. The molecule has 7 nitrogen and oxygen atoms in total. The normalized spacial score (nSPS) is 14.9. The van der Waals surface area contributed by atoms with Crippen molar-refractivity contribution >= 4 is 40.6 Å². The van der Waals surface area contributed by atoms with E-state index in [0.29, 0.717) is 10.6 Å². The van der Waals surface area contributed by atoms with Crippen LogP contribution in [0.2, 0.25) is 0 Å². The molecular weight excluding hydrogens is 436 g/mol. The number of hydrogen-bond donors (Lipinski definition) is 1. The minimum Gasteiger partial charge on any atom is -0.325 e. The minimum absolute atomic E-state index is 0.297. The Morgan fingerprint density at radius 2 is 1.88 bits per heavy atom. The Balaban J connectivity index is 1.51. The molecule has 1 aliphatic heterocycles. The molecule has 0 bridgehead atoms. The second kappa shape index (κ2) is 9.07. The molecule has 3 heterocycles. The highest BCUT2D eigenvalue weighted by molar-refractivity contribution is 8.18. The number of anilines is 1. The predicted molar refractivity (Wildman–Crippen MR) is 130 cm³/mol. The fourth-order valence-electron chi connectivity index (χ4n) is 3.76. The quantitative estimate of drug-likeness (QED) is 0.554. The van der Waals surface area contributed by atoms with Crippen LogP contribution in [0.4, 0.5) is 10.5 Å². The van der Waals surface area contributed by atoms with E-state index in [4.69, 9.17) is 0 Å². The van der Waals surface area contributed by atoms with Crippen LogP contribution in [0.3, 0.4) is 0 Å². The summed E-state index contributed by atoms with van der Waals surface area (Å²) < 4.78 is 2.04. The van der Waals surface area contributed by atoms with E-state index in [0.717, 1.165) is 50.4 Å². The minimum atomic E-state index is -0.466. The average molecular weight is 461 g/mol. The van der Waals surface area contributed by atoms with Gasteiger partial charge in [0.05, 0.1) is 16.8 Å². The van der Waals surface area contributed by atoms with Gasteiger partial charge in [0.1, 0.15) is 6.54 Å². The van der Waals surface area contributed by atoms with Crippen molar-refractivity contribution in [2.45, 2.75) is 27.7 Å². The van der Waals surface area contributed by atoms with Gasteiger partial charge in [-0.3, -0.25) is 24.3 Å². The molecule has 1 aliphatic rings. The van der Waals surface area contributed by atoms with Crippen molar-refractivity contribution < 1.29 is 14.4 Å². The first-order valence-corrected chi connectivity index (χ1v) is 11.3. The molecule has 2 aromatic heterocycles. The number of benzene rings is 1. The van der Waals surface area contributed by atoms with E-state index in [-0.39, 0.29) is 6.54 Å². The summed E-state index contributed by atoms with van der Waals surface area (Å²) in [6, 6.07) is 11.4. The molecule has 8 heteroatoms. The van der Waals surface area contributed by atoms with E-state index in [1.165, 1.54) is 0 Å². The van der Waals surface area contributed by atoms with Gasteiger partial charge in [-0.2, -0.15) is 0 Å². The molecular formula is C25H24N4O3S. The third kappa shape index (κ3) is 4.61. The Hall–Kier alpha value is -3.65. The number of rotatable bonds is 5. The molecule has 4 rings (SSSR count). The summed E-state index contributed by atoms with van der Waals surface area (Å²) in [4.78, 5) is 43.3. The Kier molecular flexibility index (Phi) is 6.20. The molecule has 3 aromatic rings. The first kappa shape index (κ1) is 22.5. The molecule has 0 aliphatic carbocycles. The van der Waals surface area contributed by atoms with Crippen molar-refractivity contribution in [3.63, 3.8) is 0 Å². The maximum absolute atomic E-state index is 12.9. The molecule has 1 N–H and O–H groups in total. The third-order valence-electron chi connectivity index (χ3n) is 5.63. The van der Waals surface area contributed by atoms with Gasteiger partial charge in [0.25, 0.3) is 11.1 Å². The lowest BCUT2D eigenvalue weighted by Gasteiger charge is -2.13. The zero-order valence-corrected chi connectivity index (χ0v) is 19.7. The molecule has 0 radical (unpaired) electrons. The van der Waals surface area contributed by atoms with E-state index >= 15 is 0 Å². The highest BCUT2D eigenvalue weighted by Gasteiger charge is 2.36. The maximum atomic E-state index is 12.9. The van der Waals surface area contributed by atoms with Crippen LogP contribution in [0.1, 0.15) is 28.1 Å². The van der Waals surface area contributed by atoms with Gasteiger partial charge in [0.15, 0.2) is 0 Å². The number of carbonyl (C=O) groups excluding carboxylic acids is 3. The van der Waals surface area contributed by atoms with Crippen LogP contribution in [0, 0.1) is 27.7 Å². The number of aryl methyl sites for hydroxylation is 3. The lowest BCUT2D eigenvalue weighted by atomic mass is 10.1. The smallest absolute Gasteiger partial charge is 0.294 e. The first-order chi connectivity index (χ1) is 15.7. The van der Waals surface area contributed by atoms with Gasteiger partial charge in [0.2, 0.25) is 5.91 Å². The average Bonchev–Trinajstić information content (AvgIpc) is 3.20. The Bertz CT molecular complexity index is 1290. The zero-order valence-electron chi connectivity index (χ0n) is 18.9. The number of aromatic nitrogens is 2. The fraction of sp³-hybridized carbons (Fsp3) is 0.200. The summed E-state index contributed by atoms with van der Waals surface area (Å²) in [6.07, 6.45) is 5.19. The molecule has 1 aromatic carbocycles. The molecule has 3 amide bonds. The molecule has 33 heavy (non-hydrogen) atoms. The largest absolute Gasteiger partial charge is 0.325 e. The summed E-state index contributed by atoms with van der Waals surface area (Å²) in [7, 11) is 0. The highest BCUT2D eigenvalue weighted by Crippen LogP contribution is 2.33. The van der Waals surface area contributed by atoms with Crippen LogP contribution < -0.4 is 5.32 Å². The predicted octanol–water partition coefficient (Wildman–Crippen LogP) is 4.78. The van der Waals surface area contributed by atoms with Crippen LogP contribution in [-0.2, 0) is 9.59 Å². The van der Waals surface area contributed by atoms with E-state index in [1.54, 1.807) is 24.5 Å². The molecule has 0 spiro atoms. The van der Waals surface area contributed by atoms with Crippen molar-refractivity contribution in [3.8, 4) is 5.69 Å². The van der Waals surface area contributed by atoms with Crippen molar-refractivity contribution in [1.82, 2.24) is 14.5 Å². The lowest BCUT2D eigenvalue weighted by Crippen LogP contribution is -2.36. The van der Waals surface area contributed by atoms with Crippen LogP contribution in [-0.4, -0.2) is 38.0 Å². The van der Waals surface area contributed by atoms with E-state index in [9.17, 15) is 14.4 Å². The zero-order chi connectivity index (χ0) is 23.7. The molecule has 1 fully saturated rings. The van der Waals surface area contributed by atoms with Crippen LogP contribution >= 0.6 is 11.8 Å². The van der Waals surface area contributed by atoms with Gasteiger partial charge in [-0.25, -0.2) is 0 Å². The van der Waals surface area contributed by atoms with Crippen molar-refractivity contribution in [3.05, 3.63) is 81.8 Å². The Morgan fingerprint density at radius 1 is 1.09 bits per heavy atom. The van der Waals surface area contributed by atoms with Crippen LogP contribution in [0.25, 0.3) is 11.8 Å². The van der Waals surface area contributed by atoms with Crippen molar-refractivity contribution in [2.75, 3.05) is 11.9 Å². The maximum Gasteiger partial charge on any atom is 0.294 e. The molecule has 0 atom stereocenters. The highest BCUT2D eigenvalue weighted by atomic mass is 32.2. The number of imide groups is 1. The van der Waals surface area contributed by atoms with Crippen LogP contribution in [0.15, 0.2) is 53.7 Å². The van der Waals surface area contributed by atoms with Gasteiger partial charge in [-0.1, -0.05) is 6.07 Å². The number of pyridine rings is 1. The third-order valence-corrected chi connectivity index (χ3v) is 6.53. The second-order valence-electron chi connectivity index (χ2n) is 7.99. The SMILES string of the molecule is Cc1ccc(NC(=O)CN2C(=O)SC(=Cc3cc(C)n(-c4cccnc4)c3C)C2=O)cc1C. The standard InChI is InChI=1S/C25H24N4O3S/c1-15-7-8-20(10-16(15)2)27-23(30)14-28-24(31)22(33-25(28)32)12-19-11-17(3)29(18(19)4)21-6-5-9-26-13-21/h5-13H,14H2,1-4H3,(H,27,30). The van der Waals surface area contributed by atoms with E-state index < -0.39 is 17.1 Å². The number of thioether (sulfide) groups is 1. The number of amides is 3. The summed E-state index contributed by atoms with van der Waals surface area (Å²) >= 11 is 0.846. The molecule has 0 unspecified atom stereocenters. The monoisotopic (exact) mass is 460 g/mol. The number of nitrogens with zero attached hydrogens (tertiary/aromatic N) is 3. The molecule has 0 saturated carbocycles. The lowest BCUT2D eigenvalue weighted by molar-refractivity contribution is -0.127. The Labute approximate surface area is 196 Å². The van der Waals surface area contributed by atoms with Crippen molar-refractivity contribution in [2.24, 2.45) is 0 Å². The van der Waals surface area contributed by atoms with Crippen molar-refractivity contribution in [1.29, 1.82) is 0 Å². The summed E-state index contributed by atoms with van der Waals surface area (Å²) in [5, 5.41) is 2.30. The molecule has 168 valence electrons. The van der Waals surface area contributed by atoms with Gasteiger partial charge >= 0.3 is 0 Å². The Morgan fingerprint density at radius 3 is 2.58 bits per heavy atom.